The Labute approximate surface area is 161 Å². The van der Waals surface area contributed by atoms with Crippen LogP contribution in [0.4, 0.5) is 0 Å². The van der Waals surface area contributed by atoms with E-state index >= 15 is 0 Å². The van der Waals surface area contributed by atoms with Crippen molar-refractivity contribution < 1.29 is 9.84 Å². The van der Waals surface area contributed by atoms with Crippen LogP contribution in [0.2, 0.25) is 0 Å². The molecule has 0 radical (unpaired) electrons. The molecular formula is C20H31N5O2. The number of ether oxygens (including phenoxy) is 1. The van der Waals surface area contributed by atoms with E-state index in [1.807, 2.05) is 12.1 Å². The van der Waals surface area contributed by atoms with Gasteiger partial charge in [0.15, 0.2) is 5.88 Å². The van der Waals surface area contributed by atoms with Gasteiger partial charge in [0.25, 0.3) is 0 Å². The number of likely N-dealkylation sites (tertiary alicyclic amines) is 1. The number of rotatable bonds is 4. The number of nitrogens with two attached hydrogens (primary N) is 2. The van der Waals surface area contributed by atoms with E-state index < -0.39 is 0 Å². The van der Waals surface area contributed by atoms with E-state index in [1.54, 1.807) is 13.2 Å². The third-order valence-electron chi connectivity index (χ3n) is 5.49. The summed E-state index contributed by atoms with van der Waals surface area (Å²) >= 11 is 0. The third-order valence-corrected chi connectivity index (χ3v) is 5.49. The van der Waals surface area contributed by atoms with E-state index in [1.165, 1.54) is 0 Å². The molecule has 2 aliphatic heterocycles. The predicted octanol–water partition coefficient (Wildman–Crippen LogP) is 0.797. The van der Waals surface area contributed by atoms with Gasteiger partial charge < -0.3 is 31.5 Å². The Balaban J connectivity index is 1.89. The van der Waals surface area contributed by atoms with Gasteiger partial charge in [-0.2, -0.15) is 0 Å². The summed E-state index contributed by atoms with van der Waals surface area (Å²) in [5.41, 5.74) is 17.0. The lowest BCUT2D eigenvalue weighted by molar-refractivity contribution is 0.218. The van der Waals surface area contributed by atoms with Crippen LogP contribution in [0.3, 0.4) is 0 Å². The molecule has 7 heteroatoms. The van der Waals surface area contributed by atoms with Crippen molar-refractivity contribution in [1.82, 2.24) is 15.1 Å². The van der Waals surface area contributed by atoms with Gasteiger partial charge in [-0.1, -0.05) is 6.07 Å². The summed E-state index contributed by atoms with van der Waals surface area (Å²) in [6.45, 7) is 9.03. The highest BCUT2D eigenvalue weighted by Crippen LogP contribution is 2.29. The van der Waals surface area contributed by atoms with Gasteiger partial charge >= 0.3 is 0 Å². The molecule has 3 rings (SSSR count). The number of hydrogen-bond acceptors (Lipinski definition) is 7. The highest BCUT2D eigenvalue weighted by molar-refractivity contribution is 5.43. The number of benzene rings is 1. The van der Waals surface area contributed by atoms with Crippen molar-refractivity contribution in [2.45, 2.75) is 26.4 Å². The maximum atomic E-state index is 9.82. The van der Waals surface area contributed by atoms with E-state index in [2.05, 4.69) is 29.0 Å². The molecule has 148 valence electrons. The second-order valence-corrected chi connectivity index (χ2v) is 7.41. The number of aryl methyl sites for hydroxylation is 1. The van der Waals surface area contributed by atoms with E-state index in [0.29, 0.717) is 31.6 Å². The first-order chi connectivity index (χ1) is 12.9. The fourth-order valence-electron chi connectivity index (χ4n) is 3.83. The molecule has 1 aromatic rings. The van der Waals surface area contributed by atoms with Crippen LogP contribution in [0, 0.1) is 6.92 Å². The number of aromatic hydroxyl groups is 1. The average Bonchev–Trinajstić information content (AvgIpc) is 3.08. The van der Waals surface area contributed by atoms with Crippen LogP contribution in [0.15, 0.2) is 41.0 Å². The highest BCUT2D eigenvalue weighted by Gasteiger charge is 2.30. The lowest BCUT2D eigenvalue weighted by Gasteiger charge is -2.36. The average molecular weight is 374 g/mol. The first-order valence-electron chi connectivity index (χ1n) is 9.40. The molecule has 2 fully saturated rings. The number of nitrogens with zero attached hydrogens (tertiary/aromatic N) is 2. The number of methoxy groups -OCH3 is 1. The SMILES string of the molecule is CO/C(N)=C1\CN(Cc2cc(O)ccc2C)C\C1=C(\N)N1CCNCC1C. The summed E-state index contributed by atoms with van der Waals surface area (Å²) in [4.78, 5) is 4.52. The summed E-state index contributed by atoms with van der Waals surface area (Å²) in [7, 11) is 1.59. The number of hydrogen-bond donors (Lipinski definition) is 4. The number of phenolic OH excluding ortho intramolecular Hbond substituents is 1. The molecule has 1 aromatic carbocycles. The van der Waals surface area contributed by atoms with Gasteiger partial charge in [-0.15, -0.1) is 0 Å². The van der Waals surface area contributed by atoms with Crippen LogP contribution >= 0.6 is 0 Å². The minimum Gasteiger partial charge on any atom is -0.508 e. The van der Waals surface area contributed by atoms with Crippen LogP contribution in [-0.4, -0.2) is 60.8 Å². The van der Waals surface area contributed by atoms with Crippen molar-refractivity contribution in [2.24, 2.45) is 11.5 Å². The molecule has 0 amide bonds. The van der Waals surface area contributed by atoms with Crippen LogP contribution in [0.25, 0.3) is 0 Å². The van der Waals surface area contributed by atoms with E-state index in [4.69, 9.17) is 16.2 Å². The largest absolute Gasteiger partial charge is 0.508 e. The second-order valence-electron chi connectivity index (χ2n) is 7.41. The second kappa shape index (κ2) is 8.10. The maximum Gasteiger partial charge on any atom is 0.188 e. The molecule has 0 aromatic heterocycles. The van der Waals surface area contributed by atoms with Gasteiger partial charge in [0.1, 0.15) is 11.6 Å². The van der Waals surface area contributed by atoms with Crippen LogP contribution in [0.1, 0.15) is 18.1 Å². The normalized spacial score (nSPS) is 24.9. The molecule has 0 spiro atoms. The summed E-state index contributed by atoms with van der Waals surface area (Å²) in [6, 6.07) is 5.81. The summed E-state index contributed by atoms with van der Waals surface area (Å²) in [6.07, 6.45) is 0. The monoisotopic (exact) mass is 373 g/mol. The third kappa shape index (κ3) is 4.14. The smallest absolute Gasteiger partial charge is 0.188 e. The van der Waals surface area contributed by atoms with Gasteiger partial charge in [-0.25, -0.2) is 0 Å². The fourth-order valence-corrected chi connectivity index (χ4v) is 3.83. The predicted molar refractivity (Wildman–Crippen MR) is 107 cm³/mol. The Kier molecular flexibility index (Phi) is 5.82. The lowest BCUT2D eigenvalue weighted by Crippen LogP contribution is -2.51. The quantitative estimate of drug-likeness (QED) is 0.579. The Morgan fingerprint density at radius 1 is 1.30 bits per heavy atom. The van der Waals surface area contributed by atoms with Gasteiger partial charge in [0, 0.05) is 56.5 Å². The Morgan fingerprint density at radius 2 is 2.04 bits per heavy atom. The van der Waals surface area contributed by atoms with Crippen molar-refractivity contribution in [1.29, 1.82) is 0 Å². The molecule has 0 bridgehead atoms. The zero-order valence-corrected chi connectivity index (χ0v) is 16.5. The lowest BCUT2D eigenvalue weighted by atomic mass is 10.1. The van der Waals surface area contributed by atoms with Gasteiger partial charge in [-0.05, 0) is 37.1 Å². The molecule has 0 aliphatic carbocycles. The number of phenols is 1. The van der Waals surface area contributed by atoms with Crippen LogP contribution < -0.4 is 16.8 Å². The van der Waals surface area contributed by atoms with Crippen molar-refractivity contribution in [3.05, 3.63) is 52.2 Å². The van der Waals surface area contributed by atoms with Crippen molar-refractivity contribution in [3.63, 3.8) is 0 Å². The topological polar surface area (TPSA) is 100 Å². The summed E-state index contributed by atoms with van der Waals surface area (Å²) in [5.74, 6) is 1.49. The Bertz CT molecular complexity index is 759. The first-order valence-corrected chi connectivity index (χ1v) is 9.40. The number of nitrogens with one attached hydrogen (secondary N) is 1. The van der Waals surface area contributed by atoms with Gasteiger partial charge in [0.05, 0.1) is 7.11 Å². The standard InChI is InChI=1S/C20H31N5O2/c1-13-4-5-16(26)8-15(13)10-24-11-17(18(12-24)20(22)27-3)19(21)25-7-6-23-9-14(25)2/h4-5,8,14,23,26H,6-7,9-12,21-22H2,1-3H3/b19-17+,20-18+. The van der Waals surface area contributed by atoms with Gasteiger partial charge in [0.2, 0.25) is 0 Å². The molecule has 2 heterocycles. The van der Waals surface area contributed by atoms with E-state index in [9.17, 15) is 5.11 Å². The number of piperazine rings is 1. The molecule has 2 saturated heterocycles. The van der Waals surface area contributed by atoms with Gasteiger partial charge in [-0.3, -0.25) is 4.90 Å². The Morgan fingerprint density at radius 3 is 2.74 bits per heavy atom. The zero-order valence-electron chi connectivity index (χ0n) is 16.5. The highest BCUT2D eigenvalue weighted by atomic mass is 16.5. The van der Waals surface area contributed by atoms with Crippen LogP contribution in [-0.2, 0) is 11.3 Å². The maximum absolute atomic E-state index is 9.82. The van der Waals surface area contributed by atoms with E-state index in [-0.39, 0.29) is 5.75 Å². The summed E-state index contributed by atoms with van der Waals surface area (Å²) in [5, 5.41) is 13.2. The van der Waals surface area contributed by atoms with Crippen molar-refractivity contribution in [2.75, 3.05) is 39.8 Å². The molecule has 27 heavy (non-hydrogen) atoms. The molecule has 2 aliphatic rings. The molecule has 0 saturated carbocycles. The molecule has 1 unspecified atom stereocenters. The minimum absolute atomic E-state index is 0.284. The van der Waals surface area contributed by atoms with Crippen molar-refractivity contribution in [3.8, 4) is 5.75 Å². The molecule has 6 N–H and O–H groups in total. The minimum atomic E-state index is 0.284. The molecule has 7 nitrogen and oxygen atoms in total. The molecular weight excluding hydrogens is 342 g/mol. The van der Waals surface area contributed by atoms with E-state index in [0.717, 1.165) is 47.7 Å². The zero-order chi connectivity index (χ0) is 19.6. The first kappa shape index (κ1) is 19.4. The summed E-state index contributed by atoms with van der Waals surface area (Å²) < 4.78 is 5.34. The van der Waals surface area contributed by atoms with Crippen LogP contribution in [0.5, 0.6) is 5.75 Å². The Hall–Kier alpha value is -2.38. The van der Waals surface area contributed by atoms with Crippen molar-refractivity contribution >= 4 is 0 Å². The fraction of sp³-hybridized carbons (Fsp3) is 0.500. The molecule has 1 atom stereocenters.